The molecule has 124 valence electrons. The standard InChI is InChI=1S/C17H29N3O2/c1-13-7-6-8-14(13)15(18-5)19-9-11-20(12-10-19)16(21)22-17(2,3)4/h6-12H2,1-5H3. The molecule has 0 saturated carbocycles. The number of ether oxygens (including phenoxy) is 1. The summed E-state index contributed by atoms with van der Waals surface area (Å²) in [7, 11) is 1.87. The molecule has 1 heterocycles. The number of allylic oxidation sites excluding steroid dienone is 1. The second kappa shape index (κ2) is 6.71. The highest BCUT2D eigenvalue weighted by molar-refractivity contribution is 5.99. The van der Waals surface area contributed by atoms with Crippen molar-refractivity contribution in [2.75, 3.05) is 33.2 Å². The molecule has 2 aliphatic rings. The summed E-state index contributed by atoms with van der Waals surface area (Å²) >= 11 is 0. The number of nitrogens with zero attached hydrogens (tertiary/aromatic N) is 3. The maximum absolute atomic E-state index is 12.1. The van der Waals surface area contributed by atoms with Gasteiger partial charge in [-0.2, -0.15) is 0 Å². The number of rotatable bonds is 1. The molecule has 5 nitrogen and oxygen atoms in total. The van der Waals surface area contributed by atoms with Gasteiger partial charge < -0.3 is 14.5 Å². The number of aliphatic imine (C=N–C) groups is 1. The molecule has 1 amide bonds. The largest absolute Gasteiger partial charge is 0.444 e. The highest BCUT2D eigenvalue weighted by Crippen LogP contribution is 2.28. The molecule has 0 atom stereocenters. The van der Waals surface area contributed by atoms with Gasteiger partial charge in [-0.15, -0.1) is 0 Å². The summed E-state index contributed by atoms with van der Waals surface area (Å²) in [5, 5.41) is 0. The number of carbonyl (C=O) groups excluding carboxylic acids is 1. The van der Waals surface area contributed by atoms with E-state index in [2.05, 4.69) is 16.8 Å². The zero-order chi connectivity index (χ0) is 16.3. The minimum Gasteiger partial charge on any atom is -0.444 e. The summed E-state index contributed by atoms with van der Waals surface area (Å²) in [6, 6.07) is 0. The van der Waals surface area contributed by atoms with E-state index in [0.717, 1.165) is 25.3 Å². The average Bonchev–Trinajstić information content (AvgIpc) is 2.85. The fourth-order valence-electron chi connectivity index (χ4n) is 3.09. The van der Waals surface area contributed by atoms with E-state index in [1.54, 1.807) is 4.90 Å². The normalized spacial score (nSPS) is 20.7. The van der Waals surface area contributed by atoms with Crippen LogP contribution in [-0.2, 0) is 4.74 Å². The summed E-state index contributed by atoms with van der Waals surface area (Å²) in [6.45, 7) is 10.9. The van der Waals surface area contributed by atoms with Crippen molar-refractivity contribution in [2.24, 2.45) is 4.99 Å². The Morgan fingerprint density at radius 2 is 1.68 bits per heavy atom. The maximum Gasteiger partial charge on any atom is 0.410 e. The molecule has 0 spiro atoms. The van der Waals surface area contributed by atoms with Gasteiger partial charge in [0.15, 0.2) is 0 Å². The zero-order valence-electron chi connectivity index (χ0n) is 14.6. The van der Waals surface area contributed by atoms with E-state index in [9.17, 15) is 4.79 Å². The van der Waals surface area contributed by atoms with Crippen LogP contribution in [-0.4, -0.2) is 60.6 Å². The first kappa shape index (κ1) is 16.8. The van der Waals surface area contributed by atoms with Crippen LogP contribution in [0.15, 0.2) is 16.1 Å². The summed E-state index contributed by atoms with van der Waals surface area (Å²) in [6.07, 6.45) is 3.34. The monoisotopic (exact) mass is 307 g/mol. The first-order valence-electron chi connectivity index (χ1n) is 8.20. The van der Waals surface area contributed by atoms with Gasteiger partial charge in [-0.25, -0.2) is 4.79 Å². The molecular formula is C17H29N3O2. The van der Waals surface area contributed by atoms with Gasteiger partial charge in [-0.1, -0.05) is 5.57 Å². The molecule has 1 aliphatic carbocycles. The molecule has 1 saturated heterocycles. The van der Waals surface area contributed by atoms with Crippen LogP contribution in [0.25, 0.3) is 0 Å². The molecule has 0 aromatic rings. The van der Waals surface area contributed by atoms with Gasteiger partial charge in [0.2, 0.25) is 0 Å². The number of carbonyl (C=O) groups is 1. The van der Waals surface area contributed by atoms with E-state index >= 15 is 0 Å². The van der Waals surface area contributed by atoms with Crippen molar-refractivity contribution in [1.29, 1.82) is 0 Å². The fraction of sp³-hybridized carbons (Fsp3) is 0.765. The van der Waals surface area contributed by atoms with E-state index in [0.29, 0.717) is 13.1 Å². The fourth-order valence-corrected chi connectivity index (χ4v) is 3.09. The van der Waals surface area contributed by atoms with Gasteiger partial charge in [0.05, 0.1) is 0 Å². The Bertz CT molecular complexity index is 481. The molecule has 5 heteroatoms. The Morgan fingerprint density at radius 3 is 2.14 bits per heavy atom. The Morgan fingerprint density at radius 1 is 1.09 bits per heavy atom. The lowest BCUT2D eigenvalue weighted by atomic mass is 10.1. The van der Waals surface area contributed by atoms with Crippen molar-refractivity contribution in [2.45, 2.75) is 52.6 Å². The third-order valence-corrected chi connectivity index (χ3v) is 4.21. The van der Waals surface area contributed by atoms with Crippen LogP contribution in [0, 0.1) is 0 Å². The van der Waals surface area contributed by atoms with Gasteiger partial charge in [0, 0.05) is 33.2 Å². The molecule has 0 radical (unpaired) electrons. The molecule has 2 rings (SSSR count). The van der Waals surface area contributed by atoms with Crippen LogP contribution >= 0.6 is 0 Å². The molecule has 0 N–H and O–H groups in total. The van der Waals surface area contributed by atoms with Crippen molar-refractivity contribution in [3.05, 3.63) is 11.1 Å². The number of amidine groups is 1. The van der Waals surface area contributed by atoms with E-state index in [-0.39, 0.29) is 6.09 Å². The molecule has 22 heavy (non-hydrogen) atoms. The molecule has 0 bridgehead atoms. The zero-order valence-corrected chi connectivity index (χ0v) is 14.6. The predicted molar refractivity (Wildman–Crippen MR) is 89.3 cm³/mol. The quantitative estimate of drug-likeness (QED) is 0.552. The minimum absolute atomic E-state index is 0.210. The highest BCUT2D eigenvalue weighted by atomic mass is 16.6. The molecule has 1 aliphatic heterocycles. The van der Waals surface area contributed by atoms with Crippen LogP contribution in [0.2, 0.25) is 0 Å². The first-order valence-corrected chi connectivity index (χ1v) is 8.20. The van der Waals surface area contributed by atoms with Crippen LogP contribution < -0.4 is 0 Å². The van der Waals surface area contributed by atoms with E-state index in [4.69, 9.17) is 4.74 Å². The van der Waals surface area contributed by atoms with Gasteiger partial charge in [-0.05, 0) is 52.5 Å². The predicted octanol–water partition coefficient (Wildman–Crippen LogP) is 3.07. The second-order valence-corrected chi connectivity index (χ2v) is 7.11. The van der Waals surface area contributed by atoms with E-state index in [1.165, 1.54) is 24.0 Å². The van der Waals surface area contributed by atoms with E-state index < -0.39 is 5.60 Å². The second-order valence-electron chi connectivity index (χ2n) is 7.11. The number of amides is 1. The molecule has 0 aromatic carbocycles. The smallest absolute Gasteiger partial charge is 0.410 e. The maximum atomic E-state index is 12.1. The van der Waals surface area contributed by atoms with Crippen LogP contribution in [0.1, 0.15) is 47.0 Å². The van der Waals surface area contributed by atoms with E-state index in [1.807, 2.05) is 27.8 Å². The number of piperazine rings is 1. The average molecular weight is 307 g/mol. The summed E-state index contributed by atoms with van der Waals surface area (Å²) in [5.74, 6) is 1.12. The SMILES string of the molecule is CN=C(C1=C(C)CCC1)N1CCN(C(=O)OC(C)(C)C)CC1. The molecular weight excluding hydrogens is 278 g/mol. The Kier molecular flexibility index (Phi) is 5.14. The Hall–Kier alpha value is -1.52. The minimum atomic E-state index is -0.434. The lowest BCUT2D eigenvalue weighted by molar-refractivity contribution is 0.0187. The number of hydrogen-bond acceptors (Lipinski definition) is 3. The molecule has 0 aromatic heterocycles. The van der Waals surface area contributed by atoms with Gasteiger partial charge in [0.25, 0.3) is 0 Å². The van der Waals surface area contributed by atoms with Crippen molar-refractivity contribution >= 4 is 11.9 Å². The summed E-state index contributed by atoms with van der Waals surface area (Å²) in [4.78, 5) is 20.7. The van der Waals surface area contributed by atoms with Gasteiger partial charge in [0.1, 0.15) is 11.4 Å². The van der Waals surface area contributed by atoms with Gasteiger partial charge in [-0.3, -0.25) is 4.99 Å². The van der Waals surface area contributed by atoms with Crippen molar-refractivity contribution in [3.63, 3.8) is 0 Å². The lowest BCUT2D eigenvalue weighted by Gasteiger charge is -2.37. The van der Waals surface area contributed by atoms with Crippen LogP contribution in [0.4, 0.5) is 4.79 Å². The van der Waals surface area contributed by atoms with Crippen molar-refractivity contribution < 1.29 is 9.53 Å². The Balaban J connectivity index is 1.94. The topological polar surface area (TPSA) is 45.1 Å². The molecule has 1 fully saturated rings. The molecule has 0 unspecified atom stereocenters. The third kappa shape index (κ3) is 4.02. The third-order valence-electron chi connectivity index (χ3n) is 4.21. The van der Waals surface area contributed by atoms with Crippen LogP contribution in [0.5, 0.6) is 0 Å². The summed E-state index contributed by atoms with van der Waals surface area (Å²) < 4.78 is 5.44. The summed E-state index contributed by atoms with van der Waals surface area (Å²) in [5.41, 5.74) is 2.44. The first-order chi connectivity index (χ1) is 10.3. The van der Waals surface area contributed by atoms with Gasteiger partial charge >= 0.3 is 6.09 Å². The van der Waals surface area contributed by atoms with Crippen molar-refractivity contribution in [1.82, 2.24) is 9.80 Å². The lowest BCUT2D eigenvalue weighted by Crippen LogP contribution is -2.52. The van der Waals surface area contributed by atoms with Crippen molar-refractivity contribution in [3.8, 4) is 0 Å². The Labute approximate surface area is 134 Å². The highest BCUT2D eigenvalue weighted by Gasteiger charge is 2.28. The number of hydrogen-bond donors (Lipinski definition) is 0. The van der Waals surface area contributed by atoms with Crippen LogP contribution in [0.3, 0.4) is 0 Å².